The Balaban J connectivity index is 1.24. The molecule has 1 aliphatic heterocycles. The number of piperidine rings is 1. The minimum Gasteiger partial charge on any atom is -0.491 e. The molecule has 0 bridgehead atoms. The maximum atomic E-state index is 13.3. The van der Waals surface area contributed by atoms with Gasteiger partial charge in [0.15, 0.2) is 0 Å². The average Bonchev–Trinajstić information content (AvgIpc) is 2.84. The first-order valence-electron chi connectivity index (χ1n) is 11.3. The molecule has 1 saturated heterocycles. The van der Waals surface area contributed by atoms with E-state index in [1.54, 1.807) is 0 Å². The normalized spacial score (nSPS) is 15.2. The van der Waals surface area contributed by atoms with Gasteiger partial charge in [-0.25, -0.2) is 4.39 Å². The van der Waals surface area contributed by atoms with Gasteiger partial charge in [0.25, 0.3) is 0 Å². The zero-order chi connectivity index (χ0) is 22.2. The average molecular weight is 435 g/mol. The highest BCUT2D eigenvalue weighted by Crippen LogP contribution is 2.30. The minimum absolute atomic E-state index is 0.0425. The fraction of sp³-hybridized carbons (Fsp3) is 0.333. The number of rotatable bonds is 9. The quantitative estimate of drug-likeness (QED) is 0.359. The molecule has 1 heterocycles. The van der Waals surface area contributed by atoms with Gasteiger partial charge in [0.2, 0.25) is 0 Å². The van der Waals surface area contributed by atoms with Crippen LogP contribution in [-0.4, -0.2) is 37.2 Å². The van der Waals surface area contributed by atoms with Gasteiger partial charge in [-0.2, -0.15) is 0 Å². The molecule has 32 heavy (non-hydrogen) atoms. The molecule has 5 heteroatoms. The molecule has 0 atom stereocenters. The van der Waals surface area contributed by atoms with Crippen LogP contribution in [0.3, 0.4) is 0 Å². The highest BCUT2D eigenvalue weighted by Gasteiger charge is 2.24. The third-order valence-electron chi connectivity index (χ3n) is 5.92. The van der Waals surface area contributed by atoms with Crippen LogP contribution in [0, 0.1) is 5.82 Å². The van der Waals surface area contributed by atoms with Crippen LogP contribution in [0.25, 0.3) is 0 Å². The summed E-state index contributed by atoms with van der Waals surface area (Å²) in [7, 11) is 0. The van der Waals surface area contributed by atoms with E-state index in [0.717, 1.165) is 38.9 Å². The second-order valence-corrected chi connectivity index (χ2v) is 8.26. The number of hydrogen-bond acceptors (Lipinski definition) is 4. The van der Waals surface area contributed by atoms with Gasteiger partial charge in [-0.3, -0.25) is 0 Å². The fourth-order valence-corrected chi connectivity index (χ4v) is 4.17. The molecule has 0 spiro atoms. The molecule has 168 valence electrons. The summed E-state index contributed by atoms with van der Waals surface area (Å²) in [4.78, 5) is 2.44. The van der Waals surface area contributed by atoms with E-state index in [9.17, 15) is 4.39 Å². The lowest BCUT2D eigenvalue weighted by molar-refractivity contribution is -0.0273. The van der Waals surface area contributed by atoms with Crippen LogP contribution in [0.15, 0.2) is 78.9 Å². The Morgan fingerprint density at radius 2 is 1.53 bits per heavy atom. The van der Waals surface area contributed by atoms with Crippen molar-refractivity contribution >= 4 is 5.69 Å². The van der Waals surface area contributed by atoms with E-state index in [1.807, 2.05) is 12.1 Å². The number of nitrogens with two attached hydrogens (primary N) is 1. The molecule has 0 aliphatic carbocycles. The lowest BCUT2D eigenvalue weighted by Gasteiger charge is -2.34. The summed E-state index contributed by atoms with van der Waals surface area (Å²) in [5, 5.41) is 0. The number of nitrogens with zero attached hydrogens (tertiary/aromatic N) is 1. The molecular formula is C27H31FN2O2. The highest BCUT2D eigenvalue weighted by molar-refractivity contribution is 5.52. The standard InChI is InChI=1S/C27H31FN2O2/c28-23-12-13-25(29)26(20-23)31-19-7-16-30-17-14-24(15-18-30)32-27(21-8-3-1-4-9-21)22-10-5-2-6-11-22/h1-6,8-13,20,24,27H,7,14-19,29H2. The topological polar surface area (TPSA) is 47.7 Å². The van der Waals surface area contributed by atoms with Gasteiger partial charge < -0.3 is 20.1 Å². The first-order chi connectivity index (χ1) is 15.7. The molecule has 0 unspecified atom stereocenters. The van der Waals surface area contributed by atoms with Gasteiger partial charge in [0.1, 0.15) is 17.7 Å². The smallest absolute Gasteiger partial charge is 0.145 e. The van der Waals surface area contributed by atoms with Crippen molar-refractivity contribution in [3.05, 3.63) is 95.8 Å². The lowest BCUT2D eigenvalue weighted by Crippen LogP contribution is -2.38. The number of ether oxygens (including phenoxy) is 2. The molecule has 0 aromatic heterocycles. The second kappa shape index (κ2) is 11.1. The van der Waals surface area contributed by atoms with Gasteiger partial charge in [-0.15, -0.1) is 0 Å². The molecule has 4 rings (SSSR count). The number of nitrogen functional groups attached to an aromatic ring is 1. The molecule has 1 aliphatic rings. The Hall–Kier alpha value is -2.89. The zero-order valence-corrected chi connectivity index (χ0v) is 18.3. The Morgan fingerprint density at radius 1 is 0.906 bits per heavy atom. The van der Waals surface area contributed by atoms with Crippen molar-refractivity contribution in [2.75, 3.05) is 32.0 Å². The Morgan fingerprint density at radius 3 is 2.16 bits per heavy atom. The second-order valence-electron chi connectivity index (χ2n) is 8.26. The van der Waals surface area contributed by atoms with Gasteiger partial charge in [0.05, 0.1) is 18.4 Å². The van der Waals surface area contributed by atoms with Crippen LogP contribution in [0.4, 0.5) is 10.1 Å². The van der Waals surface area contributed by atoms with E-state index < -0.39 is 0 Å². The first-order valence-corrected chi connectivity index (χ1v) is 11.3. The Labute approximate surface area is 189 Å². The monoisotopic (exact) mass is 434 g/mol. The van der Waals surface area contributed by atoms with Crippen LogP contribution >= 0.6 is 0 Å². The Kier molecular flexibility index (Phi) is 7.75. The molecule has 0 amide bonds. The van der Waals surface area contributed by atoms with E-state index in [0.29, 0.717) is 18.0 Å². The summed E-state index contributed by atoms with van der Waals surface area (Å²) in [5.41, 5.74) is 8.69. The lowest BCUT2D eigenvalue weighted by atomic mass is 10.00. The van der Waals surface area contributed by atoms with Gasteiger partial charge in [-0.05, 0) is 42.5 Å². The predicted molar refractivity (Wildman–Crippen MR) is 126 cm³/mol. The van der Waals surface area contributed by atoms with Crippen LogP contribution in [0.2, 0.25) is 0 Å². The number of benzene rings is 3. The SMILES string of the molecule is Nc1ccc(F)cc1OCCCN1CCC(OC(c2ccccc2)c2ccccc2)CC1. The van der Waals surface area contributed by atoms with Crippen LogP contribution in [0.1, 0.15) is 36.5 Å². The molecule has 1 fully saturated rings. The number of halogens is 1. The van der Waals surface area contributed by atoms with Crippen molar-refractivity contribution in [3.63, 3.8) is 0 Å². The van der Waals surface area contributed by atoms with Crippen molar-refractivity contribution in [1.82, 2.24) is 4.90 Å². The zero-order valence-electron chi connectivity index (χ0n) is 18.3. The summed E-state index contributed by atoms with van der Waals surface area (Å²) in [5.74, 6) is 0.0885. The summed E-state index contributed by atoms with van der Waals surface area (Å²) in [6, 6.07) is 25.1. The van der Waals surface area contributed by atoms with Crippen LogP contribution in [0.5, 0.6) is 5.75 Å². The molecule has 0 saturated carbocycles. The van der Waals surface area contributed by atoms with E-state index in [4.69, 9.17) is 15.2 Å². The predicted octanol–water partition coefficient (Wildman–Crippen LogP) is 5.45. The van der Waals surface area contributed by atoms with E-state index in [1.165, 1.54) is 29.3 Å². The number of hydrogen-bond donors (Lipinski definition) is 1. The van der Waals surface area contributed by atoms with Gasteiger partial charge >= 0.3 is 0 Å². The molecular weight excluding hydrogens is 403 g/mol. The van der Waals surface area contributed by atoms with E-state index in [2.05, 4.69) is 53.4 Å². The van der Waals surface area contributed by atoms with Crippen molar-refractivity contribution in [2.24, 2.45) is 0 Å². The Bertz CT molecular complexity index is 920. The largest absolute Gasteiger partial charge is 0.491 e. The van der Waals surface area contributed by atoms with Gasteiger partial charge in [-0.1, -0.05) is 60.7 Å². The van der Waals surface area contributed by atoms with Crippen LogP contribution < -0.4 is 10.5 Å². The molecule has 4 nitrogen and oxygen atoms in total. The summed E-state index contributed by atoms with van der Waals surface area (Å²) in [6.07, 6.45) is 3.08. The minimum atomic E-state index is -0.333. The van der Waals surface area contributed by atoms with E-state index in [-0.39, 0.29) is 18.0 Å². The molecule has 0 radical (unpaired) electrons. The van der Waals surface area contributed by atoms with Crippen molar-refractivity contribution in [1.29, 1.82) is 0 Å². The number of likely N-dealkylation sites (tertiary alicyclic amines) is 1. The van der Waals surface area contributed by atoms with Crippen molar-refractivity contribution < 1.29 is 13.9 Å². The summed E-state index contributed by atoms with van der Waals surface area (Å²) < 4.78 is 25.6. The third kappa shape index (κ3) is 6.09. The van der Waals surface area contributed by atoms with Crippen molar-refractivity contribution in [2.45, 2.75) is 31.5 Å². The highest BCUT2D eigenvalue weighted by atomic mass is 19.1. The summed E-state index contributed by atoms with van der Waals surface area (Å²) >= 11 is 0. The molecule has 3 aromatic carbocycles. The summed E-state index contributed by atoms with van der Waals surface area (Å²) in [6.45, 7) is 3.48. The van der Waals surface area contributed by atoms with Crippen LogP contribution in [-0.2, 0) is 4.74 Å². The third-order valence-corrected chi connectivity index (χ3v) is 5.92. The maximum absolute atomic E-state index is 13.3. The first kappa shape index (κ1) is 22.3. The van der Waals surface area contributed by atoms with E-state index >= 15 is 0 Å². The molecule has 2 N–H and O–H groups in total. The van der Waals surface area contributed by atoms with Gasteiger partial charge in [0, 0.05) is 25.7 Å². The maximum Gasteiger partial charge on any atom is 0.145 e. The van der Waals surface area contributed by atoms with Crippen molar-refractivity contribution in [3.8, 4) is 5.75 Å². The fourth-order valence-electron chi connectivity index (χ4n) is 4.17. The number of anilines is 1. The molecule has 3 aromatic rings.